The fraction of sp³-hybridized carbons (Fsp3) is 0.571. The van der Waals surface area contributed by atoms with E-state index >= 15 is 0 Å². The van der Waals surface area contributed by atoms with Gasteiger partial charge in [0.25, 0.3) is 0 Å². The molecule has 1 saturated heterocycles. The molecule has 21 heavy (non-hydrogen) atoms. The predicted octanol–water partition coefficient (Wildman–Crippen LogP) is 1.77. The molecule has 5 nitrogen and oxygen atoms in total. The Hall–Kier alpha value is -0.980. The molecule has 0 N–H and O–H groups in total. The zero-order chi connectivity index (χ0) is 15.5. The van der Waals surface area contributed by atoms with Crippen molar-refractivity contribution >= 4 is 27.3 Å². The van der Waals surface area contributed by atoms with E-state index in [-0.39, 0.29) is 5.88 Å². The Morgan fingerprint density at radius 1 is 1.19 bits per heavy atom. The normalized spacial score (nSPS) is 18.5. The number of hydrogen-bond acceptors (Lipinski definition) is 4. The monoisotopic (exact) mass is 332 g/mol. The Balaban J connectivity index is 1.99. The quantitative estimate of drug-likeness (QED) is 0.771. The fourth-order valence-electron chi connectivity index (χ4n) is 2.33. The van der Waals surface area contributed by atoms with Gasteiger partial charge in [-0.1, -0.05) is 0 Å². The predicted molar refractivity (Wildman–Crippen MR) is 85.9 cm³/mol. The third-order valence-corrected chi connectivity index (χ3v) is 6.68. The lowest BCUT2D eigenvalue weighted by Gasteiger charge is -2.36. The largest absolute Gasteiger partial charge is 0.497 e. The van der Waals surface area contributed by atoms with Crippen molar-refractivity contribution in [3.05, 3.63) is 24.3 Å². The summed E-state index contributed by atoms with van der Waals surface area (Å²) in [4.78, 5) is 2.18. The summed E-state index contributed by atoms with van der Waals surface area (Å²) >= 11 is 5.68. The van der Waals surface area contributed by atoms with Crippen molar-refractivity contribution in [1.82, 2.24) is 4.31 Å². The molecule has 1 unspecified atom stereocenters. The molecular formula is C14H21ClN2O3S. The average molecular weight is 333 g/mol. The van der Waals surface area contributed by atoms with Crippen LogP contribution in [0.3, 0.4) is 0 Å². The molecule has 1 fully saturated rings. The number of sulfonamides is 1. The molecule has 1 aliphatic heterocycles. The highest BCUT2D eigenvalue weighted by molar-refractivity contribution is 7.89. The summed E-state index contributed by atoms with van der Waals surface area (Å²) in [6, 6.07) is 7.80. The summed E-state index contributed by atoms with van der Waals surface area (Å²) in [6.07, 6.45) is 0. The second kappa shape index (κ2) is 6.85. The first kappa shape index (κ1) is 16.4. The summed E-state index contributed by atoms with van der Waals surface area (Å²) < 4.78 is 31.2. The molecule has 2 rings (SSSR count). The van der Waals surface area contributed by atoms with Gasteiger partial charge in [0.05, 0.1) is 12.4 Å². The number of halogens is 1. The van der Waals surface area contributed by atoms with Crippen LogP contribution in [0.25, 0.3) is 0 Å². The van der Waals surface area contributed by atoms with Gasteiger partial charge in [0.15, 0.2) is 0 Å². The molecule has 0 aromatic heterocycles. The van der Waals surface area contributed by atoms with Gasteiger partial charge in [-0.05, 0) is 31.2 Å². The number of alkyl halides is 1. The van der Waals surface area contributed by atoms with Crippen LogP contribution in [0.15, 0.2) is 24.3 Å². The molecule has 0 spiro atoms. The van der Waals surface area contributed by atoms with Gasteiger partial charge in [-0.3, -0.25) is 0 Å². The van der Waals surface area contributed by atoms with Crippen LogP contribution in [0.5, 0.6) is 5.75 Å². The number of benzene rings is 1. The third-order valence-electron chi connectivity index (χ3n) is 3.76. The number of nitrogens with zero attached hydrogens (tertiary/aromatic N) is 2. The van der Waals surface area contributed by atoms with Crippen molar-refractivity contribution in [3.8, 4) is 5.75 Å². The maximum absolute atomic E-state index is 12.2. The minimum absolute atomic E-state index is 0.126. The topological polar surface area (TPSA) is 49.9 Å². The first-order chi connectivity index (χ1) is 9.98. The Labute approximate surface area is 131 Å². The van der Waals surface area contributed by atoms with E-state index < -0.39 is 15.3 Å². The number of rotatable bonds is 5. The minimum atomic E-state index is -3.27. The second-order valence-corrected chi connectivity index (χ2v) is 7.75. The van der Waals surface area contributed by atoms with Crippen molar-refractivity contribution < 1.29 is 13.2 Å². The van der Waals surface area contributed by atoms with Gasteiger partial charge in [-0.2, -0.15) is 4.31 Å². The summed E-state index contributed by atoms with van der Waals surface area (Å²) in [5.74, 6) is 0.942. The van der Waals surface area contributed by atoms with E-state index in [1.807, 2.05) is 24.3 Å². The van der Waals surface area contributed by atoms with Crippen molar-refractivity contribution in [3.63, 3.8) is 0 Å². The Morgan fingerprint density at radius 3 is 2.24 bits per heavy atom. The van der Waals surface area contributed by atoms with E-state index in [0.29, 0.717) is 26.2 Å². The smallest absolute Gasteiger partial charge is 0.218 e. The van der Waals surface area contributed by atoms with Crippen LogP contribution in [0.2, 0.25) is 0 Å². The highest BCUT2D eigenvalue weighted by Gasteiger charge is 2.31. The van der Waals surface area contributed by atoms with Crippen molar-refractivity contribution in [1.29, 1.82) is 0 Å². The van der Waals surface area contributed by atoms with E-state index in [4.69, 9.17) is 16.3 Å². The fourth-order valence-corrected chi connectivity index (χ4v) is 4.15. The molecule has 7 heteroatoms. The third kappa shape index (κ3) is 3.62. The summed E-state index contributed by atoms with van der Waals surface area (Å²) in [5.41, 5.74) is 1.08. The zero-order valence-electron chi connectivity index (χ0n) is 12.3. The Kier molecular flexibility index (Phi) is 5.35. The van der Waals surface area contributed by atoms with Crippen LogP contribution in [-0.4, -0.2) is 57.1 Å². The van der Waals surface area contributed by atoms with Gasteiger partial charge in [-0.15, -0.1) is 11.6 Å². The summed E-state index contributed by atoms with van der Waals surface area (Å²) in [5, 5.41) is -0.535. The zero-order valence-corrected chi connectivity index (χ0v) is 13.9. The number of methoxy groups -OCH3 is 1. The van der Waals surface area contributed by atoms with E-state index in [9.17, 15) is 8.42 Å². The molecular weight excluding hydrogens is 312 g/mol. The van der Waals surface area contributed by atoms with Gasteiger partial charge in [0.1, 0.15) is 5.75 Å². The van der Waals surface area contributed by atoms with Crippen LogP contribution < -0.4 is 9.64 Å². The number of anilines is 1. The molecule has 1 atom stereocenters. The van der Waals surface area contributed by atoms with E-state index in [1.165, 1.54) is 0 Å². The SMILES string of the molecule is COc1ccc(N2CCN(S(=O)(=O)C(C)CCl)CC2)cc1. The first-order valence-corrected chi connectivity index (χ1v) is 8.96. The number of hydrogen-bond donors (Lipinski definition) is 0. The van der Waals surface area contributed by atoms with Crippen LogP contribution >= 0.6 is 11.6 Å². The van der Waals surface area contributed by atoms with Gasteiger partial charge < -0.3 is 9.64 Å². The average Bonchev–Trinajstić information content (AvgIpc) is 2.54. The minimum Gasteiger partial charge on any atom is -0.497 e. The van der Waals surface area contributed by atoms with Crippen molar-refractivity contribution in [2.45, 2.75) is 12.2 Å². The highest BCUT2D eigenvalue weighted by Crippen LogP contribution is 2.22. The first-order valence-electron chi connectivity index (χ1n) is 6.93. The van der Waals surface area contributed by atoms with Gasteiger partial charge in [0.2, 0.25) is 10.0 Å². The second-order valence-electron chi connectivity index (χ2n) is 5.09. The molecule has 1 heterocycles. The molecule has 1 aliphatic rings. The Morgan fingerprint density at radius 2 is 1.76 bits per heavy atom. The molecule has 0 bridgehead atoms. The lowest BCUT2D eigenvalue weighted by molar-refractivity contribution is 0.381. The number of ether oxygens (including phenoxy) is 1. The van der Waals surface area contributed by atoms with Crippen molar-refractivity contribution in [2.24, 2.45) is 0 Å². The molecule has 1 aromatic carbocycles. The standard InChI is InChI=1S/C14H21ClN2O3S/c1-12(11-15)21(18,19)17-9-7-16(8-10-17)13-3-5-14(20-2)6-4-13/h3-6,12H,7-11H2,1-2H3. The highest BCUT2D eigenvalue weighted by atomic mass is 35.5. The molecule has 1 aromatic rings. The van der Waals surface area contributed by atoms with Crippen LogP contribution in [0.1, 0.15) is 6.92 Å². The molecule has 118 valence electrons. The molecule has 0 amide bonds. The lowest BCUT2D eigenvalue weighted by Crippen LogP contribution is -2.51. The van der Waals surface area contributed by atoms with Gasteiger partial charge >= 0.3 is 0 Å². The van der Waals surface area contributed by atoms with E-state index in [0.717, 1.165) is 11.4 Å². The maximum atomic E-state index is 12.2. The van der Waals surface area contributed by atoms with E-state index in [2.05, 4.69) is 4.90 Å². The molecule has 0 saturated carbocycles. The molecule has 0 radical (unpaired) electrons. The molecule has 0 aliphatic carbocycles. The van der Waals surface area contributed by atoms with Gasteiger partial charge in [-0.25, -0.2) is 8.42 Å². The maximum Gasteiger partial charge on any atom is 0.218 e. The van der Waals surface area contributed by atoms with Gasteiger partial charge in [0, 0.05) is 37.7 Å². The van der Waals surface area contributed by atoms with Crippen LogP contribution in [0.4, 0.5) is 5.69 Å². The number of piperazine rings is 1. The van der Waals surface area contributed by atoms with Crippen LogP contribution in [0, 0.1) is 0 Å². The Bertz CT molecular complexity index is 554. The van der Waals surface area contributed by atoms with E-state index in [1.54, 1.807) is 18.3 Å². The lowest BCUT2D eigenvalue weighted by atomic mass is 10.2. The summed E-state index contributed by atoms with van der Waals surface area (Å²) in [6.45, 7) is 4.00. The van der Waals surface area contributed by atoms with Crippen molar-refractivity contribution in [2.75, 3.05) is 44.1 Å². The summed E-state index contributed by atoms with van der Waals surface area (Å²) in [7, 11) is -1.64. The van der Waals surface area contributed by atoms with Crippen LogP contribution in [-0.2, 0) is 10.0 Å².